The lowest BCUT2D eigenvalue weighted by Gasteiger charge is -2.12. The average Bonchev–Trinajstić information content (AvgIpc) is 3.93. The Morgan fingerprint density at radius 3 is 1.68 bits per heavy atom. The maximum atomic E-state index is 5.45. The van der Waals surface area contributed by atoms with Crippen LogP contribution in [0.3, 0.4) is 0 Å². The summed E-state index contributed by atoms with van der Waals surface area (Å²) >= 11 is 3.51. The van der Waals surface area contributed by atoms with Crippen molar-refractivity contribution in [3.05, 3.63) is 216 Å². The molecule has 0 aliphatic rings. The number of hydrogen-bond acceptors (Lipinski definition) is 7. The molecule has 8 aromatic carbocycles. The number of nitrogens with zero attached hydrogens (tertiary/aromatic N) is 5. The predicted octanol–water partition coefficient (Wildman–Crippen LogP) is 15.2. The van der Waals surface area contributed by atoms with Crippen molar-refractivity contribution in [2.45, 2.75) is 6.54 Å². The smallest absolute Gasteiger partial charge is 0.164 e. The van der Waals surface area contributed by atoms with E-state index < -0.39 is 0 Å². The van der Waals surface area contributed by atoms with Crippen molar-refractivity contribution in [3.8, 4) is 56.4 Å². The van der Waals surface area contributed by atoms with E-state index in [-0.39, 0.29) is 0 Å². The Kier molecular flexibility index (Phi) is 10.1. The first kappa shape index (κ1) is 38.2. The maximum absolute atomic E-state index is 5.45. The molecule has 0 radical (unpaired) electrons. The first-order valence-corrected chi connectivity index (χ1v) is 22.4. The zero-order valence-corrected chi connectivity index (χ0v) is 35.7. The van der Waals surface area contributed by atoms with Gasteiger partial charge in [-0.3, -0.25) is 9.98 Å². The third-order valence-electron chi connectivity index (χ3n) is 11.3. The van der Waals surface area contributed by atoms with Gasteiger partial charge in [0.15, 0.2) is 17.5 Å². The summed E-state index contributed by atoms with van der Waals surface area (Å²) < 4.78 is 3.54. The molecule has 3 aromatic heterocycles. The minimum Gasteiger partial charge on any atom is -0.278 e. The summed E-state index contributed by atoms with van der Waals surface area (Å²) in [6.07, 6.45) is 0. The monoisotopic (exact) mass is 843 g/mol. The van der Waals surface area contributed by atoms with Gasteiger partial charge in [0.2, 0.25) is 0 Å². The minimum atomic E-state index is 0.477. The quantitative estimate of drug-likeness (QED) is 0.129. The van der Waals surface area contributed by atoms with E-state index in [1.165, 1.54) is 14.8 Å². The van der Waals surface area contributed by atoms with Gasteiger partial charge in [0, 0.05) is 52.5 Å². The molecular weight excluding hydrogens is 807 g/mol. The van der Waals surface area contributed by atoms with Gasteiger partial charge in [0.05, 0.1) is 22.8 Å². The minimum absolute atomic E-state index is 0.477. The molecule has 5 nitrogen and oxygen atoms in total. The number of rotatable bonds is 10. The van der Waals surface area contributed by atoms with E-state index in [9.17, 15) is 0 Å². The van der Waals surface area contributed by atoms with Crippen LogP contribution in [0, 0.1) is 0 Å². The molecule has 0 amide bonds. The second-order valence-electron chi connectivity index (χ2n) is 15.2. The SMILES string of the molecule is C=Nc1c(C(=NCc2cccc(-c3cccc4sc5cccc(-c6nc(-c7ccccc7)nc(-c7ccccc7)n6)c5c34)c2)c2cccc(-c3ccccc3)c2)sc2ccccc12. The zero-order valence-electron chi connectivity index (χ0n) is 34.0. The van der Waals surface area contributed by atoms with Crippen LogP contribution in [0.5, 0.6) is 0 Å². The molecule has 63 heavy (non-hydrogen) atoms. The summed E-state index contributed by atoms with van der Waals surface area (Å²) in [7, 11) is 0. The fourth-order valence-corrected chi connectivity index (χ4v) is 10.7. The molecule has 298 valence electrons. The summed E-state index contributed by atoms with van der Waals surface area (Å²) in [5.74, 6) is 1.92. The molecule has 3 heterocycles. The number of hydrogen-bond donors (Lipinski definition) is 0. The molecule has 11 rings (SSSR count). The Labute approximate surface area is 373 Å². The Bertz CT molecular complexity index is 3440. The van der Waals surface area contributed by atoms with E-state index in [0.29, 0.717) is 24.0 Å². The van der Waals surface area contributed by atoms with Crippen LogP contribution in [-0.4, -0.2) is 27.4 Å². The Morgan fingerprint density at radius 2 is 0.984 bits per heavy atom. The van der Waals surface area contributed by atoms with Gasteiger partial charge in [-0.1, -0.05) is 170 Å². The van der Waals surface area contributed by atoms with Crippen LogP contribution in [0.2, 0.25) is 0 Å². The topological polar surface area (TPSA) is 63.4 Å². The highest BCUT2D eigenvalue weighted by Gasteiger charge is 2.21. The molecule has 0 N–H and O–H groups in total. The third kappa shape index (κ3) is 7.33. The Balaban J connectivity index is 1.04. The number of fused-ring (bicyclic) bond motifs is 4. The second-order valence-corrected chi connectivity index (χ2v) is 17.4. The molecular formula is C56H37N5S2. The summed E-state index contributed by atoms with van der Waals surface area (Å²) in [4.78, 5) is 26.3. The zero-order chi connectivity index (χ0) is 42.1. The lowest BCUT2D eigenvalue weighted by atomic mass is 9.96. The third-order valence-corrected chi connectivity index (χ3v) is 13.6. The summed E-state index contributed by atoms with van der Waals surface area (Å²) in [6, 6.07) is 69.7. The molecule has 11 aromatic rings. The largest absolute Gasteiger partial charge is 0.278 e. The van der Waals surface area contributed by atoms with Crippen LogP contribution in [0.4, 0.5) is 5.69 Å². The van der Waals surface area contributed by atoms with Gasteiger partial charge in [-0.15, -0.1) is 22.7 Å². The second kappa shape index (κ2) is 16.6. The van der Waals surface area contributed by atoms with Crippen molar-refractivity contribution in [3.63, 3.8) is 0 Å². The molecule has 0 aliphatic carbocycles. The van der Waals surface area contributed by atoms with Gasteiger partial charge in [-0.2, -0.15) is 0 Å². The molecule has 0 spiro atoms. The Hall–Kier alpha value is -7.71. The van der Waals surface area contributed by atoms with Gasteiger partial charge in [0.25, 0.3) is 0 Å². The van der Waals surface area contributed by atoms with Crippen LogP contribution in [0.25, 0.3) is 86.7 Å². The predicted molar refractivity (Wildman–Crippen MR) is 267 cm³/mol. The highest BCUT2D eigenvalue weighted by Crippen LogP contribution is 2.45. The molecule has 0 saturated carbocycles. The number of aromatic nitrogens is 3. The van der Waals surface area contributed by atoms with Crippen molar-refractivity contribution >= 4 is 71.0 Å². The molecule has 7 heteroatoms. The lowest BCUT2D eigenvalue weighted by molar-refractivity contribution is 1.07. The fourth-order valence-electron chi connectivity index (χ4n) is 8.35. The maximum Gasteiger partial charge on any atom is 0.164 e. The summed E-state index contributed by atoms with van der Waals surface area (Å²) in [6.45, 7) is 4.49. The van der Waals surface area contributed by atoms with Crippen molar-refractivity contribution in [1.29, 1.82) is 0 Å². The number of thiophene rings is 2. The van der Waals surface area contributed by atoms with Gasteiger partial charge in [0.1, 0.15) is 0 Å². The van der Waals surface area contributed by atoms with Gasteiger partial charge < -0.3 is 0 Å². The number of benzene rings is 8. The van der Waals surface area contributed by atoms with Crippen LogP contribution in [0.1, 0.15) is 16.0 Å². The molecule has 0 aliphatic heterocycles. The van der Waals surface area contributed by atoms with E-state index in [2.05, 4.69) is 145 Å². The first-order chi connectivity index (χ1) is 31.2. The van der Waals surface area contributed by atoms with Crippen LogP contribution in [0.15, 0.2) is 210 Å². The van der Waals surface area contributed by atoms with Crippen LogP contribution in [-0.2, 0) is 6.54 Å². The van der Waals surface area contributed by atoms with Gasteiger partial charge in [-0.25, -0.2) is 15.0 Å². The summed E-state index contributed by atoms with van der Waals surface area (Å²) in [5.41, 5.74) is 11.3. The molecule has 0 atom stereocenters. The van der Waals surface area contributed by atoms with Crippen molar-refractivity contribution in [2.24, 2.45) is 9.98 Å². The van der Waals surface area contributed by atoms with E-state index in [1.807, 2.05) is 66.7 Å². The average molecular weight is 844 g/mol. The molecule has 0 saturated heterocycles. The molecule has 0 unspecified atom stereocenters. The fraction of sp³-hybridized carbons (Fsp3) is 0.0179. The van der Waals surface area contributed by atoms with Crippen LogP contribution >= 0.6 is 22.7 Å². The van der Waals surface area contributed by atoms with Crippen LogP contribution < -0.4 is 0 Å². The standard InChI is InChI=1S/C56H37N5S2/c1-57-52-44-27-11-12-30-46(44)63-53(52)51(42-26-14-24-40(34-42)37-18-5-2-6-19-37)58-35-36-17-13-25-41(33-36)43-28-15-31-47-49(43)50-45(29-16-32-48(50)62-47)56-60-54(38-20-7-3-8-21-38)59-55(61-56)39-22-9-4-10-23-39/h2-34H,1,35H2. The Morgan fingerprint density at radius 1 is 0.444 bits per heavy atom. The van der Waals surface area contributed by atoms with Crippen molar-refractivity contribution in [2.75, 3.05) is 0 Å². The van der Waals surface area contributed by atoms with E-state index in [4.69, 9.17) is 19.9 Å². The lowest BCUT2D eigenvalue weighted by Crippen LogP contribution is -2.03. The van der Waals surface area contributed by atoms with Gasteiger partial charge in [-0.05, 0) is 64.9 Å². The molecule has 0 fully saturated rings. The van der Waals surface area contributed by atoms with E-state index in [1.54, 1.807) is 22.7 Å². The normalized spacial score (nSPS) is 11.7. The van der Waals surface area contributed by atoms with Gasteiger partial charge >= 0.3 is 0 Å². The summed E-state index contributed by atoms with van der Waals surface area (Å²) in [5, 5.41) is 3.40. The highest BCUT2D eigenvalue weighted by atomic mass is 32.1. The number of aliphatic imine (C=N–C) groups is 2. The highest BCUT2D eigenvalue weighted by molar-refractivity contribution is 7.26. The van der Waals surface area contributed by atoms with E-state index in [0.717, 1.165) is 81.8 Å². The van der Waals surface area contributed by atoms with Crippen molar-refractivity contribution in [1.82, 2.24) is 15.0 Å². The molecule has 0 bridgehead atoms. The van der Waals surface area contributed by atoms with E-state index >= 15 is 0 Å². The van der Waals surface area contributed by atoms with Crippen molar-refractivity contribution < 1.29 is 0 Å². The first-order valence-electron chi connectivity index (χ1n) is 20.8.